The van der Waals surface area contributed by atoms with Crippen molar-refractivity contribution < 1.29 is 9.59 Å². The average molecular weight is 531 g/mol. The highest BCUT2D eigenvalue weighted by atomic mass is 16.2. The second-order valence-corrected chi connectivity index (χ2v) is 9.18. The molecule has 1 atom stereocenters. The number of anilines is 1. The number of hydrogen-bond donors (Lipinski definition) is 3. The number of pyridine rings is 3. The monoisotopic (exact) mass is 530 g/mol. The summed E-state index contributed by atoms with van der Waals surface area (Å²) >= 11 is 0. The van der Waals surface area contributed by atoms with Crippen LogP contribution < -0.4 is 21.9 Å². The number of nitrogens with zero attached hydrogens (tertiary/aromatic N) is 3. The molecule has 9 nitrogen and oxygen atoms in total. The second kappa shape index (κ2) is 11.1. The number of nitrogens with one attached hydrogen (secondary N) is 2. The van der Waals surface area contributed by atoms with Gasteiger partial charge in [-0.15, -0.1) is 0 Å². The molecule has 0 aliphatic heterocycles. The van der Waals surface area contributed by atoms with Crippen molar-refractivity contribution in [1.82, 2.24) is 25.2 Å². The van der Waals surface area contributed by atoms with Gasteiger partial charge in [0.15, 0.2) is 0 Å². The maximum absolute atomic E-state index is 14.1. The Morgan fingerprint density at radius 1 is 1.02 bits per heavy atom. The largest absolute Gasteiger partial charge is 0.383 e. The molecule has 5 aromatic rings. The summed E-state index contributed by atoms with van der Waals surface area (Å²) in [7, 11) is 0. The molecule has 3 aromatic heterocycles. The number of carbonyl (C=O) groups is 2. The third kappa shape index (κ3) is 5.11. The van der Waals surface area contributed by atoms with Crippen molar-refractivity contribution in [3.8, 4) is 17.5 Å². The van der Waals surface area contributed by atoms with Crippen LogP contribution in [0.2, 0.25) is 0 Å². The SMILES string of the molecule is CC(=O)NCC#Cc1cccc2cc([C@H](C)NC(=O)c3c(N)ncc4cccnc34)n(-c3ccccc3)c(=O)c12. The molecule has 198 valence electrons. The molecule has 0 saturated carbocycles. The summed E-state index contributed by atoms with van der Waals surface area (Å²) in [5, 5.41) is 7.42. The van der Waals surface area contributed by atoms with E-state index < -0.39 is 11.9 Å². The van der Waals surface area contributed by atoms with Crippen molar-refractivity contribution in [3.05, 3.63) is 106 Å². The van der Waals surface area contributed by atoms with Crippen molar-refractivity contribution in [3.63, 3.8) is 0 Å². The van der Waals surface area contributed by atoms with Gasteiger partial charge in [-0.2, -0.15) is 0 Å². The Hall–Kier alpha value is -5.49. The molecule has 0 aliphatic carbocycles. The van der Waals surface area contributed by atoms with Crippen LogP contribution in [0.5, 0.6) is 0 Å². The second-order valence-electron chi connectivity index (χ2n) is 9.18. The van der Waals surface area contributed by atoms with Crippen LogP contribution in [-0.2, 0) is 4.79 Å². The summed E-state index contributed by atoms with van der Waals surface area (Å²) in [4.78, 5) is 47.3. The number of nitrogens with two attached hydrogens (primary N) is 1. The van der Waals surface area contributed by atoms with Gasteiger partial charge in [0.1, 0.15) is 11.4 Å². The maximum Gasteiger partial charge on any atom is 0.264 e. The highest BCUT2D eigenvalue weighted by Gasteiger charge is 2.22. The number of aromatic nitrogens is 3. The molecule has 3 heterocycles. The summed E-state index contributed by atoms with van der Waals surface area (Å²) in [6.45, 7) is 3.39. The number of fused-ring (bicyclic) bond motifs is 2. The van der Waals surface area contributed by atoms with Crippen LogP contribution in [0.25, 0.3) is 27.4 Å². The summed E-state index contributed by atoms with van der Waals surface area (Å²) in [5.41, 5.74) is 8.19. The Morgan fingerprint density at radius 3 is 2.58 bits per heavy atom. The maximum atomic E-state index is 14.1. The van der Waals surface area contributed by atoms with E-state index in [1.807, 2.05) is 54.6 Å². The third-order valence-corrected chi connectivity index (χ3v) is 6.43. The minimum absolute atomic E-state index is 0.0670. The summed E-state index contributed by atoms with van der Waals surface area (Å²) in [6, 6.07) is 19.5. The molecular formula is C31H26N6O3. The van der Waals surface area contributed by atoms with E-state index in [-0.39, 0.29) is 29.4 Å². The van der Waals surface area contributed by atoms with E-state index in [0.717, 1.165) is 0 Å². The van der Waals surface area contributed by atoms with Gasteiger partial charge < -0.3 is 16.4 Å². The highest BCUT2D eigenvalue weighted by Crippen LogP contribution is 2.25. The van der Waals surface area contributed by atoms with Crippen LogP contribution in [0.4, 0.5) is 5.82 Å². The lowest BCUT2D eigenvalue weighted by atomic mass is 10.0. The molecule has 0 radical (unpaired) electrons. The van der Waals surface area contributed by atoms with Crippen molar-refractivity contribution in [2.45, 2.75) is 19.9 Å². The predicted molar refractivity (Wildman–Crippen MR) is 155 cm³/mol. The zero-order valence-electron chi connectivity index (χ0n) is 21.9. The van der Waals surface area contributed by atoms with Gasteiger partial charge in [0.05, 0.1) is 23.5 Å². The molecular weight excluding hydrogens is 504 g/mol. The molecule has 0 bridgehead atoms. The summed E-state index contributed by atoms with van der Waals surface area (Å²) in [6.07, 6.45) is 3.17. The van der Waals surface area contributed by atoms with Crippen molar-refractivity contribution in [1.29, 1.82) is 0 Å². The summed E-state index contributed by atoms with van der Waals surface area (Å²) in [5.74, 6) is 5.35. The van der Waals surface area contributed by atoms with Gasteiger partial charge in [0.25, 0.3) is 11.5 Å². The van der Waals surface area contributed by atoms with Gasteiger partial charge in [-0.3, -0.25) is 23.9 Å². The minimum Gasteiger partial charge on any atom is -0.383 e. The lowest BCUT2D eigenvalue weighted by Crippen LogP contribution is -2.33. The Labute approximate surface area is 230 Å². The first-order valence-corrected chi connectivity index (χ1v) is 12.6. The van der Waals surface area contributed by atoms with Gasteiger partial charge in [0, 0.05) is 41.6 Å². The van der Waals surface area contributed by atoms with E-state index in [2.05, 4.69) is 32.4 Å². The first-order chi connectivity index (χ1) is 19.3. The molecule has 2 aromatic carbocycles. The minimum atomic E-state index is -0.599. The molecule has 0 aliphatic rings. The fraction of sp³-hybridized carbons (Fsp3) is 0.129. The van der Waals surface area contributed by atoms with Crippen LogP contribution in [-0.4, -0.2) is 32.9 Å². The third-order valence-electron chi connectivity index (χ3n) is 6.43. The summed E-state index contributed by atoms with van der Waals surface area (Å²) < 4.78 is 1.58. The van der Waals surface area contributed by atoms with E-state index in [1.165, 1.54) is 6.92 Å². The molecule has 4 N–H and O–H groups in total. The zero-order chi connectivity index (χ0) is 28.2. The Balaban J connectivity index is 1.62. The molecule has 5 rings (SSSR count). The van der Waals surface area contributed by atoms with Gasteiger partial charge in [-0.25, -0.2) is 4.98 Å². The first kappa shape index (κ1) is 26.1. The molecule has 0 fully saturated rings. The standard InChI is InChI=1S/C31H26N6O3/c1-19(36-30(39)27-28-23(12-8-16-34-28)18-35-29(27)32)25-17-22-10-6-9-21(11-7-15-33-20(2)38)26(22)31(40)37(25)24-13-4-3-5-14-24/h3-6,8-10,12-14,16-19H,15H2,1-2H3,(H2,32,35)(H,33,38)(H,36,39)/t19-/m0/s1. The molecule has 0 unspecified atom stereocenters. The fourth-order valence-electron chi connectivity index (χ4n) is 4.58. The number of hydrogen-bond acceptors (Lipinski definition) is 6. The lowest BCUT2D eigenvalue weighted by molar-refractivity contribution is -0.118. The Morgan fingerprint density at radius 2 is 1.80 bits per heavy atom. The molecule has 40 heavy (non-hydrogen) atoms. The number of benzene rings is 2. The van der Waals surface area contributed by atoms with Crippen LogP contribution in [0.1, 0.15) is 41.5 Å². The number of amides is 2. The zero-order valence-corrected chi connectivity index (χ0v) is 21.9. The van der Waals surface area contributed by atoms with E-state index in [0.29, 0.717) is 38.6 Å². The van der Waals surface area contributed by atoms with E-state index in [1.54, 1.807) is 36.0 Å². The smallest absolute Gasteiger partial charge is 0.264 e. The number of rotatable bonds is 5. The van der Waals surface area contributed by atoms with Crippen molar-refractivity contribution in [2.24, 2.45) is 0 Å². The predicted octanol–water partition coefficient (Wildman–Crippen LogP) is 3.49. The molecule has 2 amide bonds. The van der Waals surface area contributed by atoms with Gasteiger partial charge in [-0.05, 0) is 48.7 Å². The number of carbonyl (C=O) groups excluding carboxylic acids is 2. The van der Waals surface area contributed by atoms with Gasteiger partial charge >= 0.3 is 0 Å². The van der Waals surface area contributed by atoms with Crippen LogP contribution in [0, 0.1) is 11.8 Å². The first-order valence-electron chi connectivity index (χ1n) is 12.6. The van der Waals surface area contributed by atoms with Gasteiger partial charge in [-0.1, -0.05) is 42.2 Å². The average Bonchev–Trinajstić information content (AvgIpc) is 2.95. The van der Waals surface area contributed by atoms with Crippen molar-refractivity contribution in [2.75, 3.05) is 12.3 Å². The fourth-order valence-corrected chi connectivity index (χ4v) is 4.58. The number of nitrogen functional groups attached to an aromatic ring is 1. The molecule has 9 heteroatoms. The normalized spacial score (nSPS) is 11.4. The van der Waals surface area contributed by atoms with Crippen LogP contribution in [0.3, 0.4) is 0 Å². The van der Waals surface area contributed by atoms with Crippen LogP contribution >= 0.6 is 0 Å². The molecule has 0 spiro atoms. The molecule has 0 saturated heterocycles. The topological polar surface area (TPSA) is 132 Å². The van der Waals surface area contributed by atoms with E-state index >= 15 is 0 Å². The highest BCUT2D eigenvalue weighted by molar-refractivity contribution is 6.09. The quantitative estimate of drug-likeness (QED) is 0.298. The van der Waals surface area contributed by atoms with Crippen LogP contribution in [0.15, 0.2) is 83.9 Å². The van der Waals surface area contributed by atoms with Gasteiger partial charge in [0.2, 0.25) is 5.91 Å². The Bertz CT molecular complexity index is 1890. The number of para-hydroxylation sites is 1. The Kier molecular flexibility index (Phi) is 7.25. The van der Waals surface area contributed by atoms with Crippen molar-refractivity contribution >= 4 is 39.3 Å². The van der Waals surface area contributed by atoms with E-state index in [9.17, 15) is 14.4 Å². The van der Waals surface area contributed by atoms with E-state index in [4.69, 9.17) is 5.73 Å². The lowest BCUT2D eigenvalue weighted by Gasteiger charge is -2.21.